The quantitative estimate of drug-likeness (QED) is 0.662. The zero-order valence-corrected chi connectivity index (χ0v) is 15.0. The van der Waals surface area contributed by atoms with E-state index in [0.717, 1.165) is 10.9 Å². The fraction of sp³-hybridized carbons (Fsp3) is 0.158. The van der Waals surface area contributed by atoms with Gasteiger partial charge in [-0.2, -0.15) is 0 Å². The summed E-state index contributed by atoms with van der Waals surface area (Å²) in [6.07, 6.45) is 0.860. The maximum atomic E-state index is 12.7. The predicted molar refractivity (Wildman–Crippen MR) is 101 cm³/mol. The molecule has 3 aromatic rings. The van der Waals surface area contributed by atoms with Crippen molar-refractivity contribution in [3.63, 3.8) is 0 Å². The highest BCUT2D eigenvalue weighted by Gasteiger charge is 2.22. The third-order valence-corrected chi connectivity index (χ3v) is 4.24. The topological polar surface area (TPSA) is 51.2 Å². The second-order valence-corrected chi connectivity index (χ2v) is 6.25. The average molecular weight is 375 g/mol. The molecule has 3 rings (SSSR count). The Labute approximate surface area is 155 Å². The summed E-state index contributed by atoms with van der Waals surface area (Å²) in [5.74, 6) is -0.330. The number of benzene rings is 2. The van der Waals surface area contributed by atoms with Gasteiger partial charge in [0.1, 0.15) is 0 Å². The lowest BCUT2D eigenvalue weighted by Gasteiger charge is -2.18. The number of para-hydroxylation sites is 1. The number of carbonyl (C=O) groups excluding carboxylic acids is 1. The Kier molecular flexibility index (Phi) is 5.53. The number of anilines is 1. The van der Waals surface area contributed by atoms with Crippen LogP contribution in [0.1, 0.15) is 18.6 Å². The summed E-state index contributed by atoms with van der Waals surface area (Å²) in [6, 6.07) is 14.5. The number of carbonyl (C=O) groups is 1. The largest absolute Gasteiger partial charge is 0.364 e. The van der Waals surface area contributed by atoms with Gasteiger partial charge in [-0.3, -0.25) is 9.78 Å². The summed E-state index contributed by atoms with van der Waals surface area (Å²) in [4.78, 5) is 17.1. The first-order valence-corrected chi connectivity index (χ1v) is 8.56. The Bertz CT molecular complexity index is 915. The summed E-state index contributed by atoms with van der Waals surface area (Å²) < 4.78 is 5.65. The fourth-order valence-corrected chi connectivity index (χ4v) is 2.85. The Hall–Kier alpha value is -2.14. The number of halogens is 2. The van der Waals surface area contributed by atoms with Gasteiger partial charge in [0.05, 0.1) is 16.2 Å². The lowest BCUT2D eigenvalue weighted by molar-refractivity contribution is -0.127. The number of pyridine rings is 1. The molecule has 0 aliphatic carbocycles. The van der Waals surface area contributed by atoms with E-state index in [1.807, 2.05) is 37.3 Å². The van der Waals surface area contributed by atoms with Gasteiger partial charge in [-0.05, 0) is 37.3 Å². The molecule has 4 nitrogen and oxygen atoms in total. The van der Waals surface area contributed by atoms with Crippen molar-refractivity contribution >= 4 is 45.7 Å². The molecule has 0 fully saturated rings. The molecule has 0 saturated carbocycles. The van der Waals surface area contributed by atoms with Crippen LogP contribution in [-0.2, 0) is 9.53 Å². The van der Waals surface area contributed by atoms with Crippen molar-refractivity contribution in [1.29, 1.82) is 0 Å². The number of fused-ring (bicyclic) bond motifs is 1. The second-order valence-electron chi connectivity index (χ2n) is 5.41. The smallest absolute Gasteiger partial charge is 0.258 e. The number of ether oxygens (including phenoxy) is 1. The van der Waals surface area contributed by atoms with Gasteiger partial charge in [-0.1, -0.05) is 41.4 Å². The molecule has 0 radical (unpaired) electrons. The molecule has 1 N–H and O–H groups in total. The zero-order valence-electron chi connectivity index (χ0n) is 13.5. The van der Waals surface area contributed by atoms with E-state index in [0.29, 0.717) is 27.9 Å². The van der Waals surface area contributed by atoms with Crippen LogP contribution in [-0.4, -0.2) is 17.5 Å². The number of rotatable bonds is 5. The van der Waals surface area contributed by atoms with Crippen molar-refractivity contribution in [2.75, 3.05) is 11.9 Å². The Morgan fingerprint density at radius 1 is 1.20 bits per heavy atom. The second kappa shape index (κ2) is 7.83. The molecule has 1 aromatic heterocycles. The van der Waals surface area contributed by atoms with Crippen molar-refractivity contribution in [2.45, 2.75) is 13.0 Å². The van der Waals surface area contributed by atoms with Crippen molar-refractivity contribution in [3.05, 3.63) is 70.3 Å². The monoisotopic (exact) mass is 374 g/mol. The first-order chi connectivity index (χ1) is 12.1. The molecule has 0 spiro atoms. The number of amides is 1. The standard InChI is InChI=1S/C19H16Cl2N2O2/c1-2-25-18(13-9-12-5-3-4-6-16(12)22-11-13)19(24)23-17-10-14(20)7-8-15(17)21/h3-11,18H,2H2,1H3,(H,23,24). The fourth-order valence-electron chi connectivity index (χ4n) is 2.51. The van der Waals surface area contributed by atoms with Gasteiger partial charge in [0, 0.05) is 28.8 Å². The third kappa shape index (κ3) is 4.10. The van der Waals surface area contributed by atoms with Crippen molar-refractivity contribution in [3.8, 4) is 0 Å². The molecule has 1 unspecified atom stereocenters. The van der Waals surface area contributed by atoms with Gasteiger partial charge < -0.3 is 10.1 Å². The van der Waals surface area contributed by atoms with Crippen LogP contribution < -0.4 is 5.32 Å². The van der Waals surface area contributed by atoms with Crippen LogP contribution in [0.4, 0.5) is 5.69 Å². The van der Waals surface area contributed by atoms with Gasteiger partial charge in [0.2, 0.25) is 0 Å². The minimum atomic E-state index is -0.794. The van der Waals surface area contributed by atoms with Crippen molar-refractivity contribution in [2.24, 2.45) is 0 Å². The molecule has 25 heavy (non-hydrogen) atoms. The van der Waals surface area contributed by atoms with E-state index in [9.17, 15) is 4.79 Å². The van der Waals surface area contributed by atoms with E-state index in [1.165, 1.54) is 0 Å². The van der Waals surface area contributed by atoms with Crippen LogP contribution in [0, 0.1) is 0 Å². The van der Waals surface area contributed by atoms with Gasteiger partial charge in [-0.25, -0.2) is 0 Å². The molecule has 0 saturated heterocycles. The summed E-state index contributed by atoms with van der Waals surface area (Å²) in [5.41, 5.74) is 1.98. The van der Waals surface area contributed by atoms with E-state index in [2.05, 4.69) is 10.3 Å². The maximum absolute atomic E-state index is 12.7. The van der Waals surface area contributed by atoms with E-state index < -0.39 is 6.10 Å². The summed E-state index contributed by atoms with van der Waals surface area (Å²) >= 11 is 12.1. The lowest BCUT2D eigenvalue weighted by atomic mass is 10.1. The maximum Gasteiger partial charge on any atom is 0.258 e. The molecule has 0 aliphatic heterocycles. The molecule has 1 atom stereocenters. The molecule has 0 aliphatic rings. The summed E-state index contributed by atoms with van der Waals surface area (Å²) in [6.45, 7) is 2.22. The van der Waals surface area contributed by atoms with Gasteiger partial charge in [0.25, 0.3) is 5.91 Å². The molecular weight excluding hydrogens is 359 g/mol. The zero-order chi connectivity index (χ0) is 17.8. The van der Waals surface area contributed by atoms with E-state index in [1.54, 1.807) is 24.4 Å². The van der Waals surface area contributed by atoms with Gasteiger partial charge in [-0.15, -0.1) is 0 Å². The third-order valence-electron chi connectivity index (χ3n) is 3.67. The van der Waals surface area contributed by atoms with E-state index in [-0.39, 0.29) is 5.91 Å². The number of nitrogens with zero attached hydrogens (tertiary/aromatic N) is 1. The summed E-state index contributed by atoms with van der Waals surface area (Å²) in [7, 11) is 0. The van der Waals surface area contributed by atoms with Crippen LogP contribution in [0.5, 0.6) is 0 Å². The number of hydrogen-bond acceptors (Lipinski definition) is 3. The highest BCUT2D eigenvalue weighted by molar-refractivity contribution is 6.35. The van der Waals surface area contributed by atoms with Crippen LogP contribution in [0.2, 0.25) is 10.0 Å². The Morgan fingerprint density at radius 2 is 2.00 bits per heavy atom. The van der Waals surface area contributed by atoms with Gasteiger partial charge in [0.15, 0.2) is 6.10 Å². The van der Waals surface area contributed by atoms with Crippen molar-refractivity contribution in [1.82, 2.24) is 4.98 Å². The van der Waals surface area contributed by atoms with Crippen LogP contribution in [0.15, 0.2) is 54.7 Å². The summed E-state index contributed by atoms with van der Waals surface area (Å²) in [5, 5.41) is 4.61. The average Bonchev–Trinajstić information content (AvgIpc) is 2.62. The highest BCUT2D eigenvalue weighted by Crippen LogP contribution is 2.28. The number of hydrogen-bond donors (Lipinski definition) is 1. The molecule has 6 heteroatoms. The van der Waals surface area contributed by atoms with Crippen LogP contribution in [0.3, 0.4) is 0 Å². The SMILES string of the molecule is CCOC(C(=O)Nc1cc(Cl)ccc1Cl)c1cnc2ccccc2c1. The molecule has 1 amide bonds. The Morgan fingerprint density at radius 3 is 2.80 bits per heavy atom. The lowest BCUT2D eigenvalue weighted by Crippen LogP contribution is -2.24. The molecule has 1 heterocycles. The molecular formula is C19H16Cl2N2O2. The van der Waals surface area contributed by atoms with E-state index >= 15 is 0 Å². The highest BCUT2D eigenvalue weighted by atomic mass is 35.5. The van der Waals surface area contributed by atoms with E-state index in [4.69, 9.17) is 27.9 Å². The Balaban J connectivity index is 1.91. The normalized spacial score (nSPS) is 12.1. The number of nitrogens with one attached hydrogen (secondary N) is 1. The number of aromatic nitrogens is 1. The predicted octanol–water partition coefficient (Wildman–Crippen LogP) is 5.26. The van der Waals surface area contributed by atoms with Crippen molar-refractivity contribution < 1.29 is 9.53 Å². The molecule has 2 aromatic carbocycles. The molecule has 0 bridgehead atoms. The van der Waals surface area contributed by atoms with Crippen LogP contribution >= 0.6 is 23.2 Å². The minimum Gasteiger partial charge on any atom is -0.364 e. The minimum absolute atomic E-state index is 0.330. The molecule has 128 valence electrons. The van der Waals surface area contributed by atoms with Crippen LogP contribution in [0.25, 0.3) is 10.9 Å². The van der Waals surface area contributed by atoms with Gasteiger partial charge >= 0.3 is 0 Å². The first-order valence-electron chi connectivity index (χ1n) is 7.80. The first kappa shape index (κ1) is 17.7.